The SMILES string of the molecule is CC(C)(C)N(CC(=O)O)C(=O)CNC1CC1. The Kier molecular flexibility index (Phi) is 3.91. The van der Waals surface area contributed by atoms with Crippen molar-refractivity contribution in [2.45, 2.75) is 45.2 Å². The molecule has 0 atom stereocenters. The molecule has 0 aliphatic heterocycles. The predicted molar refractivity (Wildman–Crippen MR) is 60.1 cm³/mol. The molecular formula is C11H20N2O3. The van der Waals surface area contributed by atoms with E-state index in [-0.39, 0.29) is 19.0 Å². The molecule has 16 heavy (non-hydrogen) atoms. The van der Waals surface area contributed by atoms with Crippen LogP contribution >= 0.6 is 0 Å². The highest BCUT2D eigenvalue weighted by Crippen LogP contribution is 2.19. The van der Waals surface area contributed by atoms with Crippen molar-refractivity contribution in [3.8, 4) is 0 Å². The number of hydrogen-bond acceptors (Lipinski definition) is 3. The van der Waals surface area contributed by atoms with Gasteiger partial charge >= 0.3 is 5.97 Å². The number of hydrogen-bond donors (Lipinski definition) is 2. The third-order valence-electron chi connectivity index (χ3n) is 2.52. The minimum absolute atomic E-state index is 0.151. The second-order valence-electron chi connectivity index (χ2n) is 5.20. The van der Waals surface area contributed by atoms with Gasteiger partial charge < -0.3 is 15.3 Å². The zero-order chi connectivity index (χ0) is 12.3. The topological polar surface area (TPSA) is 69.6 Å². The van der Waals surface area contributed by atoms with Crippen molar-refractivity contribution >= 4 is 11.9 Å². The van der Waals surface area contributed by atoms with Crippen molar-refractivity contribution < 1.29 is 14.7 Å². The maximum absolute atomic E-state index is 11.9. The summed E-state index contributed by atoms with van der Waals surface area (Å²) < 4.78 is 0. The molecule has 1 saturated carbocycles. The van der Waals surface area contributed by atoms with E-state index in [1.807, 2.05) is 20.8 Å². The minimum atomic E-state index is -0.977. The number of carbonyl (C=O) groups excluding carboxylic acids is 1. The maximum atomic E-state index is 11.9. The molecule has 1 aliphatic carbocycles. The largest absolute Gasteiger partial charge is 0.480 e. The molecule has 0 aromatic heterocycles. The summed E-state index contributed by atoms with van der Waals surface area (Å²) in [6, 6.07) is 0.454. The highest BCUT2D eigenvalue weighted by Gasteiger charge is 2.29. The Balaban J connectivity index is 2.51. The zero-order valence-corrected chi connectivity index (χ0v) is 10.1. The van der Waals surface area contributed by atoms with Gasteiger partial charge in [0.05, 0.1) is 6.54 Å². The molecule has 0 spiro atoms. The Labute approximate surface area is 95.8 Å². The van der Waals surface area contributed by atoms with Gasteiger partial charge in [-0.1, -0.05) is 0 Å². The quantitative estimate of drug-likeness (QED) is 0.717. The first-order valence-corrected chi connectivity index (χ1v) is 5.56. The van der Waals surface area contributed by atoms with Gasteiger partial charge in [-0.05, 0) is 33.6 Å². The third kappa shape index (κ3) is 4.18. The molecule has 1 fully saturated rings. The number of rotatable bonds is 5. The molecule has 1 aliphatic rings. The summed E-state index contributed by atoms with van der Waals surface area (Å²) in [6.07, 6.45) is 2.23. The van der Waals surface area contributed by atoms with Crippen LogP contribution in [-0.2, 0) is 9.59 Å². The lowest BCUT2D eigenvalue weighted by Crippen LogP contribution is -2.51. The molecule has 0 aromatic carbocycles. The van der Waals surface area contributed by atoms with E-state index in [0.29, 0.717) is 6.04 Å². The summed E-state index contributed by atoms with van der Waals surface area (Å²) >= 11 is 0. The van der Waals surface area contributed by atoms with Crippen LogP contribution < -0.4 is 5.32 Å². The molecular weight excluding hydrogens is 208 g/mol. The van der Waals surface area contributed by atoms with E-state index in [1.54, 1.807) is 0 Å². The molecule has 0 radical (unpaired) electrons. The zero-order valence-electron chi connectivity index (χ0n) is 10.1. The van der Waals surface area contributed by atoms with Crippen molar-refractivity contribution in [2.24, 2.45) is 0 Å². The highest BCUT2D eigenvalue weighted by molar-refractivity contribution is 5.83. The van der Waals surface area contributed by atoms with Crippen LogP contribution in [0.4, 0.5) is 0 Å². The van der Waals surface area contributed by atoms with Gasteiger partial charge in [-0.15, -0.1) is 0 Å². The van der Waals surface area contributed by atoms with E-state index >= 15 is 0 Å². The van der Waals surface area contributed by atoms with Gasteiger partial charge in [0, 0.05) is 11.6 Å². The fraction of sp³-hybridized carbons (Fsp3) is 0.818. The van der Waals surface area contributed by atoms with E-state index in [9.17, 15) is 9.59 Å². The van der Waals surface area contributed by atoms with Gasteiger partial charge in [-0.3, -0.25) is 9.59 Å². The van der Waals surface area contributed by atoms with Crippen molar-refractivity contribution in [2.75, 3.05) is 13.1 Å². The predicted octanol–water partition coefficient (Wildman–Crippen LogP) is 0.450. The summed E-state index contributed by atoms with van der Waals surface area (Å²) in [5, 5.41) is 11.9. The summed E-state index contributed by atoms with van der Waals surface area (Å²) in [6.45, 7) is 5.50. The van der Waals surface area contributed by atoms with Crippen LogP contribution in [0.5, 0.6) is 0 Å². The molecule has 2 N–H and O–H groups in total. The summed E-state index contributed by atoms with van der Waals surface area (Å²) in [4.78, 5) is 23.9. The smallest absolute Gasteiger partial charge is 0.323 e. The van der Waals surface area contributed by atoms with Crippen LogP contribution in [-0.4, -0.2) is 46.6 Å². The third-order valence-corrected chi connectivity index (χ3v) is 2.52. The Hall–Kier alpha value is -1.10. The monoisotopic (exact) mass is 228 g/mol. The van der Waals surface area contributed by atoms with Gasteiger partial charge in [-0.2, -0.15) is 0 Å². The number of carboxylic acid groups (broad SMARTS) is 1. The number of aliphatic carboxylic acids is 1. The second-order valence-corrected chi connectivity index (χ2v) is 5.20. The Bertz CT molecular complexity index is 279. The molecule has 0 unspecified atom stereocenters. The first-order valence-electron chi connectivity index (χ1n) is 5.56. The lowest BCUT2D eigenvalue weighted by molar-refractivity contribution is -0.147. The lowest BCUT2D eigenvalue weighted by Gasteiger charge is -2.34. The van der Waals surface area contributed by atoms with Gasteiger partial charge in [0.1, 0.15) is 6.54 Å². The normalized spacial score (nSPS) is 15.9. The van der Waals surface area contributed by atoms with Crippen molar-refractivity contribution in [3.05, 3.63) is 0 Å². The van der Waals surface area contributed by atoms with Gasteiger partial charge in [0.2, 0.25) is 5.91 Å². The first-order chi connectivity index (χ1) is 7.30. The number of nitrogens with zero attached hydrogens (tertiary/aromatic N) is 1. The molecule has 1 rings (SSSR count). The summed E-state index contributed by atoms with van der Waals surface area (Å²) in [5.74, 6) is -1.13. The number of amides is 1. The van der Waals surface area contributed by atoms with Gasteiger partial charge in [0.25, 0.3) is 0 Å². The number of carboxylic acids is 1. The molecule has 5 nitrogen and oxygen atoms in total. The molecule has 92 valence electrons. The Morgan fingerprint density at radius 3 is 2.31 bits per heavy atom. The van der Waals surface area contributed by atoms with E-state index in [4.69, 9.17) is 5.11 Å². The highest BCUT2D eigenvalue weighted by atomic mass is 16.4. The number of carbonyl (C=O) groups is 2. The average molecular weight is 228 g/mol. The summed E-state index contributed by atoms with van der Waals surface area (Å²) in [7, 11) is 0. The van der Waals surface area contributed by atoms with E-state index in [0.717, 1.165) is 12.8 Å². The molecule has 0 aromatic rings. The number of nitrogens with one attached hydrogen (secondary N) is 1. The van der Waals surface area contributed by atoms with Crippen molar-refractivity contribution in [3.63, 3.8) is 0 Å². The van der Waals surface area contributed by atoms with E-state index < -0.39 is 11.5 Å². The van der Waals surface area contributed by atoms with E-state index in [1.165, 1.54) is 4.90 Å². The van der Waals surface area contributed by atoms with Crippen molar-refractivity contribution in [1.82, 2.24) is 10.2 Å². The van der Waals surface area contributed by atoms with Crippen LogP contribution in [0.3, 0.4) is 0 Å². The molecule has 5 heteroatoms. The van der Waals surface area contributed by atoms with Crippen molar-refractivity contribution in [1.29, 1.82) is 0 Å². The maximum Gasteiger partial charge on any atom is 0.323 e. The average Bonchev–Trinajstić information content (AvgIpc) is 2.91. The van der Waals surface area contributed by atoms with Crippen LogP contribution in [0.15, 0.2) is 0 Å². The lowest BCUT2D eigenvalue weighted by atomic mass is 10.1. The van der Waals surface area contributed by atoms with Gasteiger partial charge in [0.15, 0.2) is 0 Å². The minimum Gasteiger partial charge on any atom is -0.480 e. The molecule has 0 saturated heterocycles. The summed E-state index contributed by atoms with van der Waals surface area (Å²) in [5.41, 5.74) is -0.458. The molecule has 0 bridgehead atoms. The molecule has 1 amide bonds. The second kappa shape index (κ2) is 4.82. The Morgan fingerprint density at radius 1 is 1.38 bits per heavy atom. The van der Waals surface area contributed by atoms with Crippen LogP contribution in [0.25, 0.3) is 0 Å². The fourth-order valence-corrected chi connectivity index (χ4v) is 1.45. The Morgan fingerprint density at radius 2 is 1.94 bits per heavy atom. The van der Waals surface area contributed by atoms with E-state index in [2.05, 4.69) is 5.32 Å². The standard InChI is InChI=1S/C11H20N2O3/c1-11(2,3)13(7-10(15)16)9(14)6-12-8-4-5-8/h8,12H,4-7H2,1-3H3,(H,15,16). The molecule has 0 heterocycles. The fourth-order valence-electron chi connectivity index (χ4n) is 1.45. The first kappa shape index (κ1) is 13.0. The van der Waals surface area contributed by atoms with Crippen LogP contribution in [0, 0.1) is 0 Å². The van der Waals surface area contributed by atoms with Gasteiger partial charge in [-0.25, -0.2) is 0 Å². The van der Waals surface area contributed by atoms with Crippen LogP contribution in [0.1, 0.15) is 33.6 Å². The van der Waals surface area contributed by atoms with Crippen LogP contribution in [0.2, 0.25) is 0 Å².